The lowest BCUT2D eigenvalue weighted by Gasteiger charge is -2.17. The Kier molecular flexibility index (Phi) is 5.67. The molecule has 1 atom stereocenters. The standard InChI is InChI=1S/C10H9Cl4NO2/c11-8(10(12,13)14)6-17-9(16)15-7-4-2-1-3-5-7/h1-5,8H,6H2,(H,15,16)/t8-/m0/s1. The van der Waals surface area contributed by atoms with Crippen LogP contribution in [0.25, 0.3) is 0 Å². The van der Waals surface area contributed by atoms with Crippen LogP contribution >= 0.6 is 46.4 Å². The van der Waals surface area contributed by atoms with Crippen molar-refractivity contribution in [2.75, 3.05) is 11.9 Å². The van der Waals surface area contributed by atoms with Crippen LogP contribution < -0.4 is 5.32 Å². The van der Waals surface area contributed by atoms with Crippen molar-refractivity contribution in [1.82, 2.24) is 0 Å². The van der Waals surface area contributed by atoms with Crippen molar-refractivity contribution in [2.45, 2.75) is 9.17 Å². The minimum Gasteiger partial charge on any atom is -0.448 e. The van der Waals surface area contributed by atoms with E-state index in [9.17, 15) is 4.79 Å². The number of nitrogens with one attached hydrogen (secondary N) is 1. The minimum absolute atomic E-state index is 0.198. The molecule has 1 amide bonds. The van der Waals surface area contributed by atoms with Crippen molar-refractivity contribution in [3.05, 3.63) is 30.3 Å². The predicted octanol–water partition coefficient (Wildman–Crippen LogP) is 4.21. The average molecular weight is 317 g/mol. The highest BCUT2D eigenvalue weighted by molar-refractivity contribution is 6.70. The van der Waals surface area contributed by atoms with E-state index in [1.165, 1.54) is 0 Å². The quantitative estimate of drug-likeness (QED) is 0.848. The van der Waals surface area contributed by atoms with Gasteiger partial charge in [0, 0.05) is 5.69 Å². The summed E-state index contributed by atoms with van der Waals surface area (Å²) in [5.41, 5.74) is 0.609. The van der Waals surface area contributed by atoms with E-state index in [2.05, 4.69) is 5.32 Å². The fraction of sp³-hybridized carbons (Fsp3) is 0.300. The smallest absolute Gasteiger partial charge is 0.411 e. The molecule has 0 heterocycles. The molecule has 1 rings (SSSR count). The van der Waals surface area contributed by atoms with Crippen LogP contribution in [0.1, 0.15) is 0 Å². The summed E-state index contributed by atoms with van der Waals surface area (Å²) in [4.78, 5) is 11.3. The molecule has 3 nitrogen and oxygen atoms in total. The monoisotopic (exact) mass is 315 g/mol. The number of hydrogen-bond donors (Lipinski definition) is 1. The van der Waals surface area contributed by atoms with Gasteiger partial charge in [-0.05, 0) is 12.1 Å². The molecule has 0 aliphatic rings. The number of carbonyl (C=O) groups excluding carboxylic acids is 1. The number of carbonyl (C=O) groups is 1. The fourth-order valence-electron chi connectivity index (χ4n) is 0.919. The summed E-state index contributed by atoms with van der Waals surface area (Å²) >= 11 is 22.2. The van der Waals surface area contributed by atoms with E-state index in [1.807, 2.05) is 6.07 Å². The van der Waals surface area contributed by atoms with Gasteiger partial charge in [-0.2, -0.15) is 0 Å². The number of halogens is 4. The summed E-state index contributed by atoms with van der Waals surface area (Å²) in [6, 6.07) is 8.82. The molecule has 0 saturated heterocycles. The summed E-state index contributed by atoms with van der Waals surface area (Å²) in [6.07, 6.45) is -0.656. The molecule has 7 heteroatoms. The molecule has 1 aromatic carbocycles. The Morgan fingerprint density at radius 1 is 1.29 bits per heavy atom. The maximum atomic E-state index is 11.3. The third-order valence-electron chi connectivity index (χ3n) is 1.74. The molecule has 1 aromatic rings. The lowest BCUT2D eigenvalue weighted by molar-refractivity contribution is 0.161. The number of ether oxygens (including phenoxy) is 1. The number of para-hydroxylation sites is 1. The number of rotatable bonds is 3. The third-order valence-corrected chi connectivity index (χ3v) is 3.31. The van der Waals surface area contributed by atoms with E-state index in [1.54, 1.807) is 24.3 Å². The summed E-state index contributed by atoms with van der Waals surface area (Å²) in [7, 11) is 0. The van der Waals surface area contributed by atoms with Crippen LogP contribution in [0, 0.1) is 0 Å². The van der Waals surface area contributed by atoms with E-state index in [4.69, 9.17) is 51.1 Å². The molecule has 0 bridgehead atoms. The molecule has 0 aromatic heterocycles. The molecule has 0 aliphatic heterocycles. The molecule has 0 saturated carbocycles. The zero-order valence-electron chi connectivity index (χ0n) is 8.50. The second-order valence-corrected chi connectivity index (χ2v) is 5.99. The van der Waals surface area contributed by atoms with Crippen molar-refractivity contribution in [3.8, 4) is 0 Å². The molecular formula is C10H9Cl4NO2. The molecule has 0 aliphatic carbocycles. The summed E-state index contributed by atoms with van der Waals surface area (Å²) in [5.74, 6) is 0. The fourth-order valence-corrected chi connectivity index (χ4v) is 1.17. The maximum Gasteiger partial charge on any atom is 0.411 e. The Morgan fingerprint density at radius 2 is 1.88 bits per heavy atom. The van der Waals surface area contributed by atoms with Gasteiger partial charge in [-0.25, -0.2) is 4.79 Å². The van der Waals surface area contributed by atoms with Gasteiger partial charge >= 0.3 is 6.09 Å². The van der Waals surface area contributed by atoms with E-state index in [-0.39, 0.29) is 6.61 Å². The lowest BCUT2D eigenvalue weighted by Crippen LogP contribution is -2.27. The second-order valence-electron chi connectivity index (χ2n) is 3.10. The van der Waals surface area contributed by atoms with Crippen LogP contribution in [0.4, 0.5) is 10.5 Å². The van der Waals surface area contributed by atoms with Crippen LogP contribution in [0.15, 0.2) is 30.3 Å². The number of anilines is 1. The lowest BCUT2D eigenvalue weighted by atomic mass is 10.3. The van der Waals surface area contributed by atoms with Gasteiger partial charge in [0.1, 0.15) is 12.0 Å². The van der Waals surface area contributed by atoms with Gasteiger partial charge in [0.15, 0.2) is 0 Å². The minimum atomic E-state index is -1.67. The van der Waals surface area contributed by atoms with Crippen molar-refractivity contribution < 1.29 is 9.53 Å². The van der Waals surface area contributed by atoms with Crippen LogP contribution in [0.2, 0.25) is 0 Å². The highest BCUT2D eigenvalue weighted by Gasteiger charge is 2.31. The van der Waals surface area contributed by atoms with Gasteiger partial charge in [0.25, 0.3) is 0 Å². The molecule has 0 spiro atoms. The topological polar surface area (TPSA) is 38.3 Å². The van der Waals surface area contributed by atoms with Gasteiger partial charge in [0.2, 0.25) is 3.79 Å². The van der Waals surface area contributed by atoms with Gasteiger partial charge in [-0.15, -0.1) is 11.6 Å². The van der Waals surface area contributed by atoms with E-state index in [0.29, 0.717) is 5.69 Å². The molecule has 0 fully saturated rings. The summed E-state index contributed by atoms with van der Waals surface area (Å²) < 4.78 is 3.13. The first kappa shape index (κ1) is 14.7. The number of alkyl halides is 4. The summed E-state index contributed by atoms with van der Waals surface area (Å²) in [5, 5.41) is 1.59. The van der Waals surface area contributed by atoms with Crippen molar-refractivity contribution >= 4 is 58.2 Å². The molecule has 0 unspecified atom stereocenters. The first-order valence-electron chi connectivity index (χ1n) is 4.59. The molecule has 0 radical (unpaired) electrons. The highest BCUT2D eigenvalue weighted by Crippen LogP contribution is 2.33. The maximum absolute atomic E-state index is 11.3. The number of benzene rings is 1. The summed E-state index contributed by atoms with van der Waals surface area (Å²) in [6.45, 7) is -0.198. The number of amides is 1. The van der Waals surface area contributed by atoms with Crippen LogP contribution in [-0.4, -0.2) is 21.9 Å². The van der Waals surface area contributed by atoms with Crippen LogP contribution in [0.3, 0.4) is 0 Å². The van der Waals surface area contributed by atoms with Gasteiger partial charge in [0.05, 0.1) is 0 Å². The SMILES string of the molecule is O=C(Nc1ccccc1)OC[C@H](Cl)C(Cl)(Cl)Cl. The third kappa shape index (κ3) is 5.68. The van der Waals surface area contributed by atoms with Crippen LogP contribution in [-0.2, 0) is 4.74 Å². The van der Waals surface area contributed by atoms with Crippen molar-refractivity contribution in [3.63, 3.8) is 0 Å². The van der Waals surface area contributed by atoms with Crippen molar-refractivity contribution in [1.29, 1.82) is 0 Å². The van der Waals surface area contributed by atoms with E-state index in [0.717, 1.165) is 0 Å². The van der Waals surface area contributed by atoms with Gasteiger partial charge in [-0.3, -0.25) is 5.32 Å². The number of hydrogen-bond acceptors (Lipinski definition) is 2. The largest absolute Gasteiger partial charge is 0.448 e. The zero-order valence-corrected chi connectivity index (χ0v) is 11.5. The zero-order chi connectivity index (χ0) is 12.9. The van der Waals surface area contributed by atoms with E-state index < -0.39 is 15.3 Å². The molecule has 17 heavy (non-hydrogen) atoms. The first-order valence-corrected chi connectivity index (χ1v) is 6.16. The first-order chi connectivity index (χ1) is 7.89. The highest BCUT2D eigenvalue weighted by atomic mass is 35.6. The Bertz CT molecular complexity index is 366. The second kappa shape index (κ2) is 6.55. The Hall–Kier alpha value is -0.350. The van der Waals surface area contributed by atoms with Crippen molar-refractivity contribution in [2.24, 2.45) is 0 Å². The average Bonchev–Trinajstić information content (AvgIpc) is 2.26. The Labute approximate surface area is 119 Å². The normalized spacial score (nSPS) is 12.9. The van der Waals surface area contributed by atoms with Crippen LogP contribution in [0.5, 0.6) is 0 Å². The molecule has 1 N–H and O–H groups in total. The Balaban J connectivity index is 2.36. The van der Waals surface area contributed by atoms with Gasteiger partial charge < -0.3 is 4.74 Å². The predicted molar refractivity (Wildman–Crippen MR) is 71.3 cm³/mol. The molecular weight excluding hydrogens is 308 g/mol. The van der Waals surface area contributed by atoms with E-state index >= 15 is 0 Å². The Morgan fingerprint density at radius 3 is 2.41 bits per heavy atom. The van der Waals surface area contributed by atoms with Gasteiger partial charge in [-0.1, -0.05) is 53.0 Å². The molecule has 94 valence electrons.